The molecular weight excluding hydrogens is 284 g/mol. The predicted octanol–water partition coefficient (Wildman–Crippen LogP) is 2.55. The molecule has 1 heterocycles. The second kappa shape index (κ2) is 6.22. The van der Waals surface area contributed by atoms with Gasteiger partial charge in [0.05, 0.1) is 5.69 Å². The predicted molar refractivity (Wildman–Crippen MR) is 74.6 cm³/mol. The van der Waals surface area contributed by atoms with Crippen molar-refractivity contribution in [2.75, 3.05) is 11.6 Å². The fraction of sp³-hybridized carbons (Fsp3) is 0.0909. The Balaban J connectivity index is 2.26. The zero-order chi connectivity index (χ0) is 13.7. The standard InChI is InChI=1S/C11H9ClN6S/c1-19-10-3-2-8(12)4-9(10)14-6-7(5-13)11-15-17-18-16-11/h2-4,6,14H,1H3,(H,15,16,17,18). The third-order valence-electron chi connectivity index (χ3n) is 2.24. The Morgan fingerprint density at radius 1 is 1.58 bits per heavy atom. The first-order valence-corrected chi connectivity index (χ1v) is 6.79. The number of rotatable bonds is 4. The molecule has 0 atom stereocenters. The van der Waals surface area contributed by atoms with Gasteiger partial charge in [0, 0.05) is 16.1 Å². The van der Waals surface area contributed by atoms with Crippen LogP contribution >= 0.6 is 23.4 Å². The molecule has 1 aromatic heterocycles. The highest BCUT2D eigenvalue weighted by Gasteiger charge is 2.06. The van der Waals surface area contributed by atoms with Crippen molar-refractivity contribution in [3.05, 3.63) is 35.2 Å². The summed E-state index contributed by atoms with van der Waals surface area (Å²) in [6.07, 6.45) is 3.48. The molecule has 0 radical (unpaired) electrons. The Hall–Kier alpha value is -2.04. The van der Waals surface area contributed by atoms with Crippen LogP contribution in [-0.4, -0.2) is 26.9 Å². The maximum atomic E-state index is 9.05. The van der Waals surface area contributed by atoms with Crippen molar-refractivity contribution in [1.29, 1.82) is 5.26 Å². The minimum atomic E-state index is 0.239. The number of aromatic amines is 1. The molecule has 0 aliphatic carbocycles. The van der Waals surface area contributed by atoms with Gasteiger partial charge in [-0.1, -0.05) is 11.6 Å². The lowest BCUT2D eigenvalue weighted by Crippen LogP contribution is -1.94. The molecule has 2 rings (SSSR count). The van der Waals surface area contributed by atoms with Gasteiger partial charge in [-0.25, -0.2) is 0 Å². The summed E-state index contributed by atoms with van der Waals surface area (Å²) < 4.78 is 0. The lowest BCUT2D eigenvalue weighted by molar-refractivity contribution is 0.881. The van der Waals surface area contributed by atoms with E-state index in [1.54, 1.807) is 17.8 Å². The van der Waals surface area contributed by atoms with Crippen LogP contribution in [0.5, 0.6) is 0 Å². The molecule has 96 valence electrons. The van der Waals surface area contributed by atoms with E-state index in [9.17, 15) is 0 Å². The highest BCUT2D eigenvalue weighted by atomic mass is 35.5. The molecule has 0 aliphatic rings. The quantitative estimate of drug-likeness (QED) is 0.665. The third kappa shape index (κ3) is 3.24. The van der Waals surface area contributed by atoms with Gasteiger partial charge < -0.3 is 5.32 Å². The van der Waals surface area contributed by atoms with Crippen molar-refractivity contribution >= 4 is 34.6 Å². The zero-order valence-corrected chi connectivity index (χ0v) is 11.5. The van der Waals surface area contributed by atoms with E-state index in [1.165, 1.54) is 6.20 Å². The Bertz CT molecular complexity index is 631. The number of hydrogen-bond acceptors (Lipinski definition) is 6. The monoisotopic (exact) mass is 292 g/mol. The second-order valence-corrected chi connectivity index (χ2v) is 4.68. The molecule has 2 aromatic rings. The van der Waals surface area contributed by atoms with Gasteiger partial charge in [0.2, 0.25) is 5.82 Å². The Labute approximate surface area is 118 Å². The number of allylic oxidation sites excluding steroid dienone is 1. The van der Waals surface area contributed by atoms with Crippen LogP contribution in [0.15, 0.2) is 29.3 Å². The average molecular weight is 293 g/mol. The number of thioether (sulfide) groups is 1. The van der Waals surface area contributed by atoms with Crippen LogP contribution in [0.4, 0.5) is 5.69 Å². The summed E-state index contributed by atoms with van der Waals surface area (Å²) in [6.45, 7) is 0. The number of halogens is 1. The molecular formula is C11H9ClN6S. The van der Waals surface area contributed by atoms with E-state index >= 15 is 0 Å². The van der Waals surface area contributed by atoms with Crippen molar-refractivity contribution in [2.24, 2.45) is 0 Å². The van der Waals surface area contributed by atoms with E-state index in [2.05, 4.69) is 25.9 Å². The number of benzene rings is 1. The smallest absolute Gasteiger partial charge is 0.216 e. The van der Waals surface area contributed by atoms with E-state index in [4.69, 9.17) is 16.9 Å². The number of nitriles is 1. The summed E-state index contributed by atoms with van der Waals surface area (Å²) >= 11 is 7.53. The molecule has 0 saturated heterocycles. The highest BCUT2D eigenvalue weighted by Crippen LogP contribution is 2.28. The number of anilines is 1. The van der Waals surface area contributed by atoms with Gasteiger partial charge in [0.1, 0.15) is 11.6 Å². The lowest BCUT2D eigenvalue weighted by atomic mass is 10.3. The Morgan fingerprint density at radius 2 is 2.42 bits per heavy atom. The van der Waals surface area contributed by atoms with Crippen LogP contribution in [-0.2, 0) is 0 Å². The first kappa shape index (κ1) is 13.4. The van der Waals surface area contributed by atoms with Gasteiger partial charge in [0.25, 0.3) is 0 Å². The van der Waals surface area contributed by atoms with Gasteiger partial charge >= 0.3 is 0 Å². The van der Waals surface area contributed by atoms with Gasteiger partial charge in [0.15, 0.2) is 0 Å². The average Bonchev–Trinajstić information content (AvgIpc) is 2.94. The number of aromatic nitrogens is 4. The largest absolute Gasteiger partial charge is 0.359 e. The van der Waals surface area contributed by atoms with E-state index < -0.39 is 0 Å². The first-order valence-electron chi connectivity index (χ1n) is 5.18. The molecule has 2 N–H and O–H groups in total. The minimum Gasteiger partial charge on any atom is -0.359 e. The molecule has 0 unspecified atom stereocenters. The Kier molecular flexibility index (Phi) is 4.39. The van der Waals surface area contributed by atoms with Crippen LogP contribution in [0, 0.1) is 11.3 Å². The van der Waals surface area contributed by atoms with E-state index in [1.807, 2.05) is 24.5 Å². The Morgan fingerprint density at radius 3 is 3.05 bits per heavy atom. The molecule has 0 amide bonds. The van der Waals surface area contributed by atoms with E-state index in [0.29, 0.717) is 5.02 Å². The number of H-pyrrole nitrogens is 1. The number of hydrogen-bond donors (Lipinski definition) is 2. The molecule has 0 fully saturated rings. The molecule has 19 heavy (non-hydrogen) atoms. The molecule has 1 aromatic carbocycles. The van der Waals surface area contributed by atoms with Gasteiger partial charge in [-0.3, -0.25) is 0 Å². The molecule has 0 spiro atoms. The fourth-order valence-corrected chi connectivity index (χ4v) is 2.08. The summed E-state index contributed by atoms with van der Waals surface area (Å²) in [5.74, 6) is 0.239. The molecule has 6 nitrogen and oxygen atoms in total. The van der Waals surface area contributed by atoms with Crippen LogP contribution in [0.1, 0.15) is 5.82 Å². The molecule has 8 heteroatoms. The lowest BCUT2D eigenvalue weighted by Gasteiger charge is -2.07. The number of nitrogens with zero attached hydrogens (tertiary/aromatic N) is 4. The van der Waals surface area contributed by atoms with Crippen molar-refractivity contribution in [3.63, 3.8) is 0 Å². The van der Waals surface area contributed by atoms with Crippen molar-refractivity contribution in [2.45, 2.75) is 4.90 Å². The summed E-state index contributed by atoms with van der Waals surface area (Å²) in [7, 11) is 0. The molecule has 0 aliphatic heterocycles. The fourth-order valence-electron chi connectivity index (χ4n) is 1.37. The number of tetrazole rings is 1. The highest BCUT2D eigenvalue weighted by molar-refractivity contribution is 7.98. The number of nitrogens with one attached hydrogen (secondary N) is 2. The summed E-state index contributed by atoms with van der Waals surface area (Å²) in [5, 5.41) is 25.9. The maximum absolute atomic E-state index is 9.05. The second-order valence-electron chi connectivity index (χ2n) is 3.39. The van der Waals surface area contributed by atoms with E-state index in [0.717, 1.165) is 10.6 Å². The topological polar surface area (TPSA) is 90.3 Å². The summed E-state index contributed by atoms with van der Waals surface area (Å²) in [4.78, 5) is 1.02. The van der Waals surface area contributed by atoms with Gasteiger partial charge in [-0.2, -0.15) is 10.5 Å². The maximum Gasteiger partial charge on any atom is 0.216 e. The summed E-state index contributed by atoms with van der Waals surface area (Å²) in [6, 6.07) is 7.51. The SMILES string of the molecule is CSc1ccc(Cl)cc1NC=C(C#N)c1nn[nH]n1. The zero-order valence-electron chi connectivity index (χ0n) is 9.88. The van der Waals surface area contributed by atoms with Crippen LogP contribution in [0.25, 0.3) is 5.57 Å². The van der Waals surface area contributed by atoms with Gasteiger partial charge in [-0.15, -0.1) is 22.0 Å². The van der Waals surface area contributed by atoms with E-state index in [-0.39, 0.29) is 11.4 Å². The van der Waals surface area contributed by atoms with Crippen molar-refractivity contribution in [1.82, 2.24) is 20.6 Å². The third-order valence-corrected chi connectivity index (χ3v) is 3.27. The molecule has 0 bridgehead atoms. The summed E-state index contributed by atoms with van der Waals surface area (Å²) in [5.41, 5.74) is 1.09. The molecule has 0 saturated carbocycles. The van der Waals surface area contributed by atoms with Crippen molar-refractivity contribution in [3.8, 4) is 6.07 Å². The first-order chi connectivity index (χ1) is 9.24. The normalized spacial score (nSPS) is 11.1. The van der Waals surface area contributed by atoms with Crippen molar-refractivity contribution < 1.29 is 0 Å². The van der Waals surface area contributed by atoms with Gasteiger partial charge in [-0.05, 0) is 29.7 Å². The minimum absolute atomic E-state index is 0.239. The van der Waals surface area contributed by atoms with Crippen LogP contribution in [0.3, 0.4) is 0 Å². The van der Waals surface area contributed by atoms with Crippen LogP contribution < -0.4 is 5.32 Å². The van der Waals surface area contributed by atoms with Crippen LogP contribution in [0.2, 0.25) is 5.02 Å².